The van der Waals surface area contributed by atoms with Crippen molar-refractivity contribution in [2.75, 3.05) is 10.6 Å². The van der Waals surface area contributed by atoms with Crippen LogP contribution in [0.2, 0.25) is 0 Å². The van der Waals surface area contributed by atoms with Crippen LogP contribution in [0.4, 0.5) is 11.6 Å². The van der Waals surface area contributed by atoms with Gasteiger partial charge in [-0.05, 0) is 23.8 Å². The first-order chi connectivity index (χ1) is 12.6. The third-order valence-corrected chi connectivity index (χ3v) is 4.74. The molecule has 1 amide bonds. The van der Waals surface area contributed by atoms with Crippen LogP contribution in [-0.2, 0) is 4.79 Å². The number of nitrogens with one attached hydrogen (secondary N) is 3. The van der Waals surface area contributed by atoms with Crippen LogP contribution in [0.5, 0.6) is 0 Å². The summed E-state index contributed by atoms with van der Waals surface area (Å²) in [5.74, 6) is -0.163. The molecule has 7 nitrogen and oxygen atoms in total. The van der Waals surface area contributed by atoms with E-state index >= 15 is 0 Å². The lowest BCUT2D eigenvalue weighted by molar-refractivity contribution is -0.377. The molecule has 0 radical (unpaired) electrons. The summed E-state index contributed by atoms with van der Waals surface area (Å²) >= 11 is 3.50. The van der Waals surface area contributed by atoms with Crippen molar-refractivity contribution in [1.82, 2.24) is 14.8 Å². The first-order valence-electron chi connectivity index (χ1n) is 8.01. The van der Waals surface area contributed by atoms with Gasteiger partial charge in [-0.25, -0.2) is 9.67 Å². The third kappa shape index (κ3) is 2.99. The van der Waals surface area contributed by atoms with E-state index in [0.717, 1.165) is 10.0 Å². The fraction of sp³-hybridized carbons (Fsp3) is 0.111. The molecule has 0 saturated carbocycles. The van der Waals surface area contributed by atoms with Gasteiger partial charge in [-0.2, -0.15) is 10.1 Å². The molecule has 1 aromatic carbocycles. The van der Waals surface area contributed by atoms with Crippen LogP contribution in [0.25, 0.3) is 0 Å². The lowest BCUT2D eigenvalue weighted by Crippen LogP contribution is -2.39. The minimum Gasteiger partial charge on any atom is -0.328 e. The van der Waals surface area contributed by atoms with Crippen LogP contribution in [0.1, 0.15) is 11.6 Å². The number of halogens is 1. The lowest BCUT2D eigenvalue weighted by Gasteiger charge is -2.33. The van der Waals surface area contributed by atoms with Crippen LogP contribution in [0.15, 0.2) is 71.9 Å². The summed E-state index contributed by atoms with van der Waals surface area (Å²) in [5.41, 5.74) is 2.20. The topological polar surface area (TPSA) is 86.0 Å². The number of anilines is 2. The Hall–Kier alpha value is -3.00. The van der Waals surface area contributed by atoms with Gasteiger partial charge >= 0.3 is 0 Å². The second-order valence-electron chi connectivity index (χ2n) is 5.94. The van der Waals surface area contributed by atoms with Crippen molar-refractivity contribution in [1.29, 1.82) is 0 Å². The summed E-state index contributed by atoms with van der Waals surface area (Å²) in [6, 6.07) is 11.1. The van der Waals surface area contributed by atoms with E-state index in [9.17, 15) is 4.79 Å². The summed E-state index contributed by atoms with van der Waals surface area (Å²) in [6.07, 6.45) is 4.97. The largest absolute Gasteiger partial charge is 0.328 e. The van der Waals surface area contributed by atoms with Crippen molar-refractivity contribution in [2.45, 2.75) is 6.04 Å². The smallest absolute Gasteiger partial charge is 0.236 e. The van der Waals surface area contributed by atoms with Crippen LogP contribution < -0.4 is 15.6 Å². The van der Waals surface area contributed by atoms with E-state index in [1.807, 2.05) is 36.4 Å². The van der Waals surface area contributed by atoms with E-state index in [0.29, 0.717) is 17.3 Å². The van der Waals surface area contributed by atoms with Gasteiger partial charge < -0.3 is 10.6 Å². The maximum Gasteiger partial charge on any atom is 0.236 e. The van der Waals surface area contributed by atoms with E-state index in [-0.39, 0.29) is 11.9 Å². The van der Waals surface area contributed by atoms with Gasteiger partial charge in [0.25, 0.3) is 0 Å². The van der Waals surface area contributed by atoms with Gasteiger partial charge in [0.2, 0.25) is 11.9 Å². The number of carbonyl (C=O) groups excluding carboxylic acids is 1. The molecule has 3 N–H and O–H groups in total. The average molecular weight is 412 g/mol. The number of nitrogens with zero attached hydrogens (tertiary/aromatic N) is 3. The molecule has 0 saturated heterocycles. The van der Waals surface area contributed by atoms with Crippen molar-refractivity contribution < 1.29 is 9.78 Å². The van der Waals surface area contributed by atoms with Crippen molar-refractivity contribution in [3.8, 4) is 0 Å². The first kappa shape index (κ1) is 16.5. The Balaban J connectivity index is 1.75. The highest BCUT2D eigenvalue weighted by molar-refractivity contribution is 9.10. The zero-order chi connectivity index (χ0) is 18.1. The quantitative estimate of drug-likeness (QED) is 0.693. The summed E-state index contributed by atoms with van der Waals surface area (Å²) in [7, 11) is 0. The number of aromatic amines is 1. The second kappa shape index (κ2) is 6.72. The average Bonchev–Trinajstić information content (AvgIpc) is 3.09. The van der Waals surface area contributed by atoms with Crippen LogP contribution in [0.3, 0.4) is 0 Å². The molecule has 130 valence electrons. The molecule has 1 aliphatic rings. The van der Waals surface area contributed by atoms with Gasteiger partial charge in [0, 0.05) is 16.2 Å². The summed E-state index contributed by atoms with van der Waals surface area (Å²) in [6.45, 7) is 4.06. The van der Waals surface area contributed by atoms with E-state index in [2.05, 4.69) is 48.2 Å². The van der Waals surface area contributed by atoms with Crippen LogP contribution >= 0.6 is 15.9 Å². The fourth-order valence-corrected chi connectivity index (χ4v) is 3.53. The predicted octanol–water partition coefficient (Wildman–Crippen LogP) is 2.64. The normalized spacial score (nSPS) is 18.7. The molecule has 2 atom stereocenters. The first-order valence-corrected chi connectivity index (χ1v) is 8.80. The minimum atomic E-state index is -0.557. The third-order valence-electron chi connectivity index (χ3n) is 4.25. The summed E-state index contributed by atoms with van der Waals surface area (Å²) in [4.78, 5) is 20.2. The van der Waals surface area contributed by atoms with E-state index < -0.39 is 5.92 Å². The Bertz CT molecular complexity index is 971. The molecule has 0 aliphatic carbocycles. The Morgan fingerprint density at radius 2 is 2.23 bits per heavy atom. The molecule has 1 aliphatic heterocycles. The predicted molar refractivity (Wildman–Crippen MR) is 100 cm³/mol. The maximum atomic E-state index is 13.1. The van der Waals surface area contributed by atoms with Crippen molar-refractivity contribution in [3.05, 3.63) is 77.4 Å². The maximum absolute atomic E-state index is 13.1. The number of pyridine rings is 1. The zero-order valence-corrected chi connectivity index (χ0v) is 15.3. The molecule has 26 heavy (non-hydrogen) atoms. The van der Waals surface area contributed by atoms with Gasteiger partial charge in [-0.15, -0.1) is 0 Å². The molecule has 8 heteroatoms. The number of rotatable bonds is 3. The number of hydrogen-bond donors (Lipinski definition) is 2. The van der Waals surface area contributed by atoms with Crippen molar-refractivity contribution >= 4 is 33.5 Å². The van der Waals surface area contributed by atoms with E-state index in [1.165, 1.54) is 6.33 Å². The molecule has 4 rings (SSSR count). The Morgan fingerprint density at radius 3 is 3.00 bits per heavy atom. The molecule has 2 aromatic heterocycles. The van der Waals surface area contributed by atoms with Crippen LogP contribution in [-0.4, -0.2) is 20.7 Å². The number of benzene rings is 1. The highest BCUT2D eigenvalue weighted by Gasteiger charge is 2.39. The summed E-state index contributed by atoms with van der Waals surface area (Å²) in [5, 5.41) is 10.3. The van der Waals surface area contributed by atoms with Gasteiger partial charge in [0.1, 0.15) is 17.9 Å². The number of amides is 1. The zero-order valence-electron chi connectivity index (χ0n) is 13.7. The molecular formula is C18H16BrN6O+. The number of fused-ring (bicyclic) bond motifs is 1. The molecule has 3 aromatic rings. The van der Waals surface area contributed by atoms with Gasteiger partial charge in [0.15, 0.2) is 12.4 Å². The number of carbonyl (C=O) groups is 1. The fourth-order valence-electron chi connectivity index (χ4n) is 3.11. The Kier molecular flexibility index (Phi) is 4.26. The highest BCUT2D eigenvalue weighted by atomic mass is 79.9. The van der Waals surface area contributed by atoms with Gasteiger partial charge in [-0.1, -0.05) is 34.6 Å². The summed E-state index contributed by atoms with van der Waals surface area (Å²) < 4.78 is 2.65. The lowest BCUT2D eigenvalue weighted by atomic mass is 9.88. The van der Waals surface area contributed by atoms with Gasteiger partial charge in [-0.3, -0.25) is 4.79 Å². The standard InChI is InChI=1S/C18H15BrN6O/c1-11-15(17(26)24-14-6-3-7-20-9-14)16(12-4-2-5-13(19)8-12)25-18(23-11)21-10-22-25/h2-10,15-16H,1H2,(H,24,26)(H,21,22,23)/p+1. The Labute approximate surface area is 158 Å². The number of hydrogen-bond acceptors (Lipinski definition) is 4. The molecule has 0 spiro atoms. The second-order valence-corrected chi connectivity index (χ2v) is 6.85. The Morgan fingerprint density at radius 1 is 1.35 bits per heavy atom. The number of aromatic nitrogens is 4. The molecule has 0 bridgehead atoms. The minimum absolute atomic E-state index is 0.173. The van der Waals surface area contributed by atoms with E-state index in [4.69, 9.17) is 0 Å². The molecular weight excluding hydrogens is 396 g/mol. The molecule has 0 fully saturated rings. The van der Waals surface area contributed by atoms with Crippen LogP contribution in [0, 0.1) is 5.92 Å². The SMILES string of the molecule is C=C1Nc2ncnn2C(c2cccc(Br)c2)C1C(=O)Nc1ccc[nH+]c1. The molecule has 2 unspecified atom stereocenters. The highest BCUT2D eigenvalue weighted by Crippen LogP contribution is 2.38. The number of H-pyrrole nitrogens is 1. The van der Waals surface area contributed by atoms with Crippen molar-refractivity contribution in [3.63, 3.8) is 0 Å². The van der Waals surface area contributed by atoms with Gasteiger partial charge in [0.05, 0.1) is 6.04 Å². The van der Waals surface area contributed by atoms with E-state index in [1.54, 1.807) is 17.1 Å². The monoisotopic (exact) mass is 411 g/mol. The van der Waals surface area contributed by atoms with Crippen molar-refractivity contribution in [2.24, 2.45) is 5.92 Å². The molecule has 3 heterocycles.